The van der Waals surface area contributed by atoms with E-state index in [-0.39, 0.29) is 0 Å². The molecule has 0 spiro atoms. The normalized spacial score (nSPS) is 41.6. The van der Waals surface area contributed by atoms with Crippen molar-refractivity contribution in [3.63, 3.8) is 0 Å². The van der Waals surface area contributed by atoms with Crippen LogP contribution in [0.15, 0.2) is 0 Å². The first kappa shape index (κ1) is 10.5. The second kappa shape index (κ2) is 3.52. The van der Waals surface area contributed by atoms with Crippen molar-refractivity contribution in [3.8, 4) is 0 Å². The van der Waals surface area contributed by atoms with Gasteiger partial charge in [-0.3, -0.25) is 0 Å². The molecule has 0 aliphatic heterocycles. The molecule has 0 saturated heterocycles. The third-order valence-electron chi connectivity index (χ3n) is 4.99. The molecule has 3 saturated carbocycles. The highest BCUT2D eigenvalue weighted by Gasteiger charge is 2.53. The van der Waals surface area contributed by atoms with Crippen LogP contribution in [-0.2, 0) is 0 Å². The van der Waals surface area contributed by atoms with Gasteiger partial charge in [0.25, 0.3) is 0 Å². The minimum absolute atomic E-state index is 0.399. The lowest BCUT2D eigenvalue weighted by Gasteiger charge is -2.60. The molecule has 2 bridgehead atoms. The van der Waals surface area contributed by atoms with Crippen molar-refractivity contribution in [1.29, 1.82) is 0 Å². The maximum atomic E-state index is 5.84. The molecule has 0 heterocycles. The van der Waals surface area contributed by atoms with Gasteiger partial charge in [0, 0.05) is 6.04 Å². The summed E-state index contributed by atoms with van der Waals surface area (Å²) in [4.78, 5) is 0. The third kappa shape index (κ3) is 1.60. The van der Waals surface area contributed by atoms with E-state index in [4.69, 9.17) is 5.73 Å². The van der Waals surface area contributed by atoms with E-state index in [2.05, 4.69) is 20.8 Å². The molecule has 3 rings (SSSR count). The summed E-state index contributed by atoms with van der Waals surface area (Å²) in [6, 6.07) is 0.399. The summed E-state index contributed by atoms with van der Waals surface area (Å²) in [6.07, 6.45) is 7.07. The first-order valence-electron chi connectivity index (χ1n) is 6.27. The molecule has 82 valence electrons. The van der Waals surface area contributed by atoms with Gasteiger partial charge >= 0.3 is 0 Å². The molecular formula is C13H25N. The number of fused-ring (bicyclic) bond motifs is 2. The Hall–Kier alpha value is -0.0400. The second-order valence-electron chi connectivity index (χ2n) is 6.25. The Labute approximate surface area is 88.4 Å². The first-order chi connectivity index (χ1) is 6.51. The molecule has 0 aromatic rings. The van der Waals surface area contributed by atoms with Gasteiger partial charge in [-0.05, 0) is 62.2 Å². The fourth-order valence-electron chi connectivity index (χ4n) is 3.79. The van der Waals surface area contributed by atoms with Gasteiger partial charge in [-0.2, -0.15) is 0 Å². The van der Waals surface area contributed by atoms with Gasteiger partial charge in [-0.25, -0.2) is 0 Å². The Balaban J connectivity index is 1.88. The topological polar surface area (TPSA) is 26.0 Å². The van der Waals surface area contributed by atoms with Gasteiger partial charge in [0.05, 0.1) is 0 Å². The monoisotopic (exact) mass is 195 g/mol. The van der Waals surface area contributed by atoms with Crippen molar-refractivity contribution in [3.05, 3.63) is 0 Å². The van der Waals surface area contributed by atoms with E-state index in [1.165, 1.54) is 32.1 Å². The third-order valence-corrected chi connectivity index (χ3v) is 4.99. The zero-order valence-electron chi connectivity index (χ0n) is 9.92. The van der Waals surface area contributed by atoms with Gasteiger partial charge in [-0.1, -0.05) is 13.8 Å². The number of nitrogens with two attached hydrogens (primary N) is 1. The Morgan fingerprint density at radius 1 is 1.36 bits per heavy atom. The molecule has 1 nitrogen and oxygen atoms in total. The Kier molecular flexibility index (Phi) is 2.63. The summed E-state index contributed by atoms with van der Waals surface area (Å²) in [5, 5.41) is 0. The molecule has 4 atom stereocenters. The number of hydrogen-bond donors (Lipinski definition) is 1. The van der Waals surface area contributed by atoms with Crippen molar-refractivity contribution in [2.75, 3.05) is 0 Å². The molecule has 3 aliphatic rings. The van der Waals surface area contributed by atoms with Crippen LogP contribution in [0.1, 0.15) is 52.9 Å². The molecule has 1 heteroatoms. The van der Waals surface area contributed by atoms with E-state index in [1.54, 1.807) is 0 Å². The van der Waals surface area contributed by atoms with Gasteiger partial charge < -0.3 is 5.73 Å². The smallest absolute Gasteiger partial charge is 0.00105 e. The molecular weight excluding hydrogens is 170 g/mol. The highest BCUT2D eigenvalue weighted by atomic mass is 14.6. The summed E-state index contributed by atoms with van der Waals surface area (Å²) in [6.45, 7) is 7.09. The van der Waals surface area contributed by atoms with Crippen LogP contribution in [0.5, 0.6) is 0 Å². The molecule has 2 N–H and O–H groups in total. The fourth-order valence-corrected chi connectivity index (χ4v) is 3.79. The summed E-state index contributed by atoms with van der Waals surface area (Å²) in [5.41, 5.74) is 6.49. The zero-order chi connectivity index (χ0) is 10.3. The minimum Gasteiger partial charge on any atom is -0.328 e. The van der Waals surface area contributed by atoms with Crippen LogP contribution in [0, 0.1) is 23.2 Å². The maximum absolute atomic E-state index is 5.84. The highest BCUT2D eigenvalue weighted by Crippen LogP contribution is 2.62. The maximum Gasteiger partial charge on any atom is 0.00105 e. The standard InChI is InChI=1S/C13H25N/c1-9(14)4-5-10-6-7-11-8-12(10)13(11,2)3/h9-12H,4-8,14H2,1-3H3/t9-,10?,11+,12+/m1/s1. The van der Waals surface area contributed by atoms with E-state index in [0.29, 0.717) is 11.5 Å². The SMILES string of the molecule is C[C@@H](N)CCC1CC[C@H]2C[C@@H]1C2(C)C. The predicted molar refractivity (Wildman–Crippen MR) is 61.0 cm³/mol. The molecule has 3 aliphatic carbocycles. The zero-order valence-corrected chi connectivity index (χ0v) is 9.92. The van der Waals surface area contributed by atoms with E-state index in [9.17, 15) is 0 Å². The van der Waals surface area contributed by atoms with Crippen LogP contribution in [-0.4, -0.2) is 6.04 Å². The molecule has 1 unspecified atom stereocenters. The molecule has 0 amide bonds. The van der Waals surface area contributed by atoms with Crippen molar-refractivity contribution < 1.29 is 0 Å². The van der Waals surface area contributed by atoms with E-state index < -0.39 is 0 Å². The molecule has 0 aromatic heterocycles. The Bertz CT molecular complexity index is 205. The largest absolute Gasteiger partial charge is 0.328 e. The quantitative estimate of drug-likeness (QED) is 0.735. The van der Waals surface area contributed by atoms with Crippen LogP contribution >= 0.6 is 0 Å². The average molecular weight is 195 g/mol. The van der Waals surface area contributed by atoms with E-state index >= 15 is 0 Å². The van der Waals surface area contributed by atoms with Crippen molar-refractivity contribution in [1.82, 2.24) is 0 Å². The van der Waals surface area contributed by atoms with Crippen molar-refractivity contribution >= 4 is 0 Å². The van der Waals surface area contributed by atoms with Gasteiger partial charge in [0.2, 0.25) is 0 Å². The van der Waals surface area contributed by atoms with Gasteiger partial charge in [0.1, 0.15) is 0 Å². The minimum atomic E-state index is 0.399. The Morgan fingerprint density at radius 3 is 2.57 bits per heavy atom. The lowest BCUT2D eigenvalue weighted by atomic mass is 9.45. The lowest BCUT2D eigenvalue weighted by Crippen LogP contribution is -2.52. The van der Waals surface area contributed by atoms with Gasteiger partial charge in [-0.15, -0.1) is 0 Å². The molecule has 14 heavy (non-hydrogen) atoms. The molecule has 0 radical (unpaired) electrons. The van der Waals surface area contributed by atoms with Crippen LogP contribution < -0.4 is 5.73 Å². The second-order valence-corrected chi connectivity index (χ2v) is 6.25. The highest BCUT2D eigenvalue weighted by molar-refractivity contribution is 5.03. The summed E-state index contributed by atoms with van der Waals surface area (Å²) >= 11 is 0. The van der Waals surface area contributed by atoms with E-state index in [0.717, 1.165) is 17.8 Å². The predicted octanol–water partition coefficient (Wildman–Crippen LogP) is 3.19. The van der Waals surface area contributed by atoms with Gasteiger partial charge in [0.15, 0.2) is 0 Å². The van der Waals surface area contributed by atoms with Crippen LogP contribution in [0.3, 0.4) is 0 Å². The molecule has 0 aromatic carbocycles. The van der Waals surface area contributed by atoms with E-state index in [1.807, 2.05) is 0 Å². The molecule has 3 fully saturated rings. The number of hydrogen-bond acceptors (Lipinski definition) is 1. The number of rotatable bonds is 3. The van der Waals surface area contributed by atoms with Crippen molar-refractivity contribution in [2.45, 2.75) is 58.9 Å². The fraction of sp³-hybridized carbons (Fsp3) is 1.00. The Morgan fingerprint density at radius 2 is 2.07 bits per heavy atom. The summed E-state index contributed by atoms with van der Waals surface area (Å²) in [7, 11) is 0. The summed E-state index contributed by atoms with van der Waals surface area (Å²) in [5.74, 6) is 3.04. The van der Waals surface area contributed by atoms with Crippen LogP contribution in [0.2, 0.25) is 0 Å². The van der Waals surface area contributed by atoms with Crippen molar-refractivity contribution in [2.24, 2.45) is 28.9 Å². The lowest BCUT2D eigenvalue weighted by molar-refractivity contribution is -0.107. The summed E-state index contributed by atoms with van der Waals surface area (Å²) < 4.78 is 0. The average Bonchev–Trinajstić information content (AvgIpc) is 2.14. The van der Waals surface area contributed by atoms with Crippen LogP contribution in [0.25, 0.3) is 0 Å². The first-order valence-corrected chi connectivity index (χ1v) is 6.27. The van der Waals surface area contributed by atoms with Crippen LogP contribution in [0.4, 0.5) is 0 Å².